The van der Waals surface area contributed by atoms with E-state index in [2.05, 4.69) is 19.4 Å². The summed E-state index contributed by atoms with van der Waals surface area (Å²) in [5, 5.41) is 12.3. The molecule has 4 heteroatoms. The fourth-order valence-electron chi connectivity index (χ4n) is 2.36. The van der Waals surface area contributed by atoms with Gasteiger partial charge in [0.1, 0.15) is 19.2 Å². The van der Waals surface area contributed by atoms with Gasteiger partial charge in [-0.15, -0.1) is 0 Å². The van der Waals surface area contributed by atoms with E-state index >= 15 is 0 Å². The number of furan rings is 1. The molecular formula is C16H24N2O2+2. The van der Waals surface area contributed by atoms with E-state index in [1.807, 2.05) is 42.5 Å². The minimum atomic E-state index is -0.425. The zero-order chi connectivity index (χ0) is 14.4. The van der Waals surface area contributed by atoms with Crippen molar-refractivity contribution in [3.8, 4) is 0 Å². The van der Waals surface area contributed by atoms with Crippen LogP contribution in [0.2, 0.25) is 0 Å². The fraction of sp³-hybridized carbons (Fsp3) is 0.375. The van der Waals surface area contributed by atoms with Gasteiger partial charge in [-0.3, -0.25) is 0 Å². The van der Waals surface area contributed by atoms with Gasteiger partial charge in [-0.25, -0.2) is 0 Å². The highest BCUT2D eigenvalue weighted by Crippen LogP contribution is 2.10. The molecule has 0 saturated heterocycles. The van der Waals surface area contributed by atoms with Crippen molar-refractivity contribution in [2.45, 2.75) is 12.1 Å². The normalized spacial score (nSPS) is 14.4. The van der Waals surface area contributed by atoms with Crippen LogP contribution in [0.5, 0.6) is 0 Å². The SMILES string of the molecule is C[NH+](C)[C@@H](C[NH2+]C[C@H](O)c1ccccc1)c1ccco1. The van der Waals surface area contributed by atoms with Gasteiger partial charge in [-0.05, 0) is 17.7 Å². The Morgan fingerprint density at radius 3 is 2.45 bits per heavy atom. The van der Waals surface area contributed by atoms with Crippen molar-refractivity contribution in [2.75, 3.05) is 27.2 Å². The number of aliphatic hydroxyl groups is 1. The predicted molar refractivity (Wildman–Crippen MR) is 77.3 cm³/mol. The van der Waals surface area contributed by atoms with Crippen molar-refractivity contribution in [1.82, 2.24) is 0 Å². The maximum atomic E-state index is 10.1. The molecule has 0 aliphatic rings. The van der Waals surface area contributed by atoms with Crippen LogP contribution in [-0.4, -0.2) is 32.3 Å². The first kappa shape index (κ1) is 14.8. The van der Waals surface area contributed by atoms with Crippen LogP contribution in [0, 0.1) is 0 Å². The summed E-state index contributed by atoms with van der Waals surface area (Å²) >= 11 is 0. The molecule has 0 fully saturated rings. The molecule has 2 rings (SSSR count). The summed E-state index contributed by atoms with van der Waals surface area (Å²) < 4.78 is 5.50. The monoisotopic (exact) mass is 276 g/mol. The molecule has 1 aromatic heterocycles. The van der Waals surface area contributed by atoms with E-state index in [0.29, 0.717) is 12.6 Å². The lowest BCUT2D eigenvalue weighted by atomic mass is 10.1. The summed E-state index contributed by atoms with van der Waals surface area (Å²) in [4.78, 5) is 1.32. The lowest BCUT2D eigenvalue weighted by Crippen LogP contribution is -3.09. The number of benzene rings is 1. The van der Waals surface area contributed by atoms with Crippen molar-refractivity contribution in [3.05, 3.63) is 60.1 Å². The Balaban J connectivity index is 1.85. The lowest BCUT2D eigenvalue weighted by molar-refractivity contribution is -0.910. The largest absolute Gasteiger partial charge is 0.463 e. The van der Waals surface area contributed by atoms with Gasteiger partial charge in [-0.2, -0.15) is 0 Å². The molecule has 0 aliphatic carbocycles. The van der Waals surface area contributed by atoms with Gasteiger partial charge < -0.3 is 19.7 Å². The highest BCUT2D eigenvalue weighted by molar-refractivity contribution is 5.17. The molecule has 2 aromatic rings. The third kappa shape index (κ3) is 3.93. The number of quaternary nitrogens is 2. The molecule has 2 atom stereocenters. The summed E-state index contributed by atoms with van der Waals surface area (Å²) in [5.74, 6) is 0.996. The molecule has 1 heterocycles. The smallest absolute Gasteiger partial charge is 0.195 e. The molecule has 108 valence electrons. The number of likely N-dealkylation sites (N-methyl/N-ethyl adjacent to an activating group) is 1. The van der Waals surface area contributed by atoms with E-state index in [1.54, 1.807) is 6.26 Å². The van der Waals surface area contributed by atoms with E-state index in [-0.39, 0.29) is 0 Å². The van der Waals surface area contributed by atoms with Crippen LogP contribution < -0.4 is 10.2 Å². The standard InChI is InChI=1S/C16H22N2O2/c1-18(2)14(16-9-6-10-20-16)11-17-12-15(19)13-7-4-3-5-8-13/h3-10,14-15,17,19H,11-12H2,1-2H3/p+2/t14-,15-/m0/s1. The fourth-order valence-corrected chi connectivity index (χ4v) is 2.36. The number of rotatable bonds is 7. The molecule has 0 radical (unpaired) electrons. The zero-order valence-electron chi connectivity index (χ0n) is 12.1. The highest BCUT2D eigenvalue weighted by Gasteiger charge is 2.23. The molecular weight excluding hydrogens is 252 g/mol. The molecule has 0 unspecified atom stereocenters. The minimum Gasteiger partial charge on any atom is -0.463 e. The topological polar surface area (TPSA) is 54.4 Å². The summed E-state index contributed by atoms with van der Waals surface area (Å²) in [7, 11) is 4.24. The van der Waals surface area contributed by atoms with Gasteiger partial charge in [0.05, 0.1) is 20.4 Å². The van der Waals surface area contributed by atoms with Crippen molar-refractivity contribution < 1.29 is 19.7 Å². The van der Waals surface area contributed by atoms with Crippen LogP contribution in [0.15, 0.2) is 53.1 Å². The molecule has 0 amide bonds. The van der Waals surface area contributed by atoms with Crippen LogP contribution >= 0.6 is 0 Å². The Bertz CT molecular complexity index is 482. The average molecular weight is 276 g/mol. The number of nitrogens with one attached hydrogen (secondary N) is 1. The molecule has 4 nitrogen and oxygen atoms in total. The first-order chi connectivity index (χ1) is 9.68. The summed E-state index contributed by atoms with van der Waals surface area (Å²) in [6, 6.07) is 14.0. The van der Waals surface area contributed by atoms with Crippen LogP contribution in [0.4, 0.5) is 0 Å². The van der Waals surface area contributed by atoms with Crippen molar-refractivity contribution >= 4 is 0 Å². The van der Waals surface area contributed by atoms with Gasteiger partial charge in [0, 0.05) is 0 Å². The van der Waals surface area contributed by atoms with E-state index < -0.39 is 6.10 Å². The predicted octanol–water partition coefficient (Wildman–Crippen LogP) is -0.238. The third-order valence-electron chi connectivity index (χ3n) is 3.56. The molecule has 1 aromatic carbocycles. The van der Waals surface area contributed by atoms with Gasteiger partial charge in [0.25, 0.3) is 0 Å². The van der Waals surface area contributed by atoms with E-state index in [0.717, 1.165) is 17.9 Å². The van der Waals surface area contributed by atoms with Crippen LogP contribution in [0.1, 0.15) is 23.5 Å². The molecule has 20 heavy (non-hydrogen) atoms. The maximum Gasteiger partial charge on any atom is 0.195 e. The molecule has 0 spiro atoms. The third-order valence-corrected chi connectivity index (χ3v) is 3.56. The zero-order valence-corrected chi connectivity index (χ0v) is 12.1. The number of hydrogen-bond acceptors (Lipinski definition) is 2. The van der Waals surface area contributed by atoms with Gasteiger partial charge in [0.2, 0.25) is 0 Å². The number of hydrogen-bond donors (Lipinski definition) is 3. The van der Waals surface area contributed by atoms with Gasteiger partial charge in [0.15, 0.2) is 11.8 Å². The van der Waals surface area contributed by atoms with E-state index in [1.165, 1.54) is 4.90 Å². The van der Waals surface area contributed by atoms with Crippen LogP contribution in [-0.2, 0) is 0 Å². The second kappa shape index (κ2) is 7.24. The van der Waals surface area contributed by atoms with Crippen LogP contribution in [0.3, 0.4) is 0 Å². The molecule has 0 saturated carbocycles. The Labute approximate surface area is 120 Å². The summed E-state index contributed by atoms with van der Waals surface area (Å²) in [6.07, 6.45) is 1.29. The summed E-state index contributed by atoms with van der Waals surface area (Å²) in [5.41, 5.74) is 0.968. The minimum absolute atomic E-state index is 0.299. The molecule has 0 aliphatic heterocycles. The molecule has 4 N–H and O–H groups in total. The van der Waals surface area contributed by atoms with Gasteiger partial charge in [-0.1, -0.05) is 30.3 Å². The highest BCUT2D eigenvalue weighted by atomic mass is 16.3. The average Bonchev–Trinajstić information content (AvgIpc) is 2.97. The maximum absolute atomic E-state index is 10.1. The Hall–Kier alpha value is -1.62. The second-order valence-corrected chi connectivity index (χ2v) is 5.33. The second-order valence-electron chi connectivity index (χ2n) is 5.33. The van der Waals surface area contributed by atoms with Gasteiger partial charge >= 0.3 is 0 Å². The van der Waals surface area contributed by atoms with Crippen molar-refractivity contribution in [2.24, 2.45) is 0 Å². The number of nitrogens with two attached hydrogens (primary N) is 1. The van der Waals surface area contributed by atoms with E-state index in [9.17, 15) is 5.11 Å². The van der Waals surface area contributed by atoms with Crippen molar-refractivity contribution in [3.63, 3.8) is 0 Å². The summed E-state index contributed by atoms with van der Waals surface area (Å²) in [6.45, 7) is 1.55. The first-order valence-electron chi connectivity index (χ1n) is 7.06. The Morgan fingerprint density at radius 1 is 1.10 bits per heavy atom. The lowest BCUT2D eigenvalue weighted by Gasteiger charge is -2.18. The van der Waals surface area contributed by atoms with Crippen molar-refractivity contribution in [1.29, 1.82) is 0 Å². The van der Waals surface area contributed by atoms with Crippen LogP contribution in [0.25, 0.3) is 0 Å². The molecule has 0 bridgehead atoms. The van der Waals surface area contributed by atoms with E-state index in [4.69, 9.17) is 4.42 Å². The number of aliphatic hydroxyl groups excluding tert-OH is 1. The Kier molecular flexibility index (Phi) is 5.35. The Morgan fingerprint density at radius 2 is 1.85 bits per heavy atom. The quantitative estimate of drug-likeness (QED) is 0.654. The first-order valence-corrected chi connectivity index (χ1v) is 7.06.